The van der Waals surface area contributed by atoms with Crippen molar-refractivity contribution in [2.45, 2.75) is 13.3 Å². The number of H-pyrrole nitrogens is 2. The summed E-state index contributed by atoms with van der Waals surface area (Å²) in [7, 11) is 1.58. The molecule has 0 aliphatic heterocycles. The van der Waals surface area contributed by atoms with Crippen LogP contribution in [0.4, 0.5) is 0 Å². The molecule has 0 saturated heterocycles. The number of methoxy groups -OCH3 is 1. The summed E-state index contributed by atoms with van der Waals surface area (Å²) in [5, 5.41) is 0. The molecule has 2 N–H and O–H groups in total. The van der Waals surface area contributed by atoms with Crippen LogP contribution in [0.1, 0.15) is 29.3 Å². The molecular formula is C20H20N2O4. The van der Waals surface area contributed by atoms with Crippen molar-refractivity contribution in [2.75, 3.05) is 13.7 Å². The first-order valence-electron chi connectivity index (χ1n) is 8.36. The average molecular weight is 352 g/mol. The van der Waals surface area contributed by atoms with Crippen molar-refractivity contribution in [3.8, 4) is 11.5 Å². The minimum Gasteiger partial charge on any atom is -0.493 e. The molecule has 2 aromatic carbocycles. The van der Waals surface area contributed by atoms with Gasteiger partial charge in [0.2, 0.25) is 0 Å². The fourth-order valence-electron chi connectivity index (χ4n) is 2.57. The van der Waals surface area contributed by atoms with E-state index in [2.05, 4.69) is 9.97 Å². The summed E-state index contributed by atoms with van der Waals surface area (Å²) in [6.07, 6.45) is 4.13. The van der Waals surface area contributed by atoms with Crippen LogP contribution in [0.25, 0.3) is 17.1 Å². The molecule has 6 nitrogen and oxygen atoms in total. The number of imidazole rings is 1. The van der Waals surface area contributed by atoms with Gasteiger partial charge in [-0.1, -0.05) is 19.1 Å². The summed E-state index contributed by atoms with van der Waals surface area (Å²) in [5.74, 6) is 1.15. The first-order chi connectivity index (χ1) is 12.6. The molecule has 0 bridgehead atoms. The Bertz CT molecular complexity index is 1010. The lowest BCUT2D eigenvalue weighted by Crippen LogP contribution is -1.99. The maximum Gasteiger partial charge on any atom is 0.323 e. The largest absolute Gasteiger partial charge is 0.493 e. The van der Waals surface area contributed by atoms with Crippen LogP contribution in [0.3, 0.4) is 0 Å². The number of aromatic amines is 2. The first-order valence-corrected chi connectivity index (χ1v) is 8.36. The second-order valence-electron chi connectivity index (χ2n) is 5.80. The van der Waals surface area contributed by atoms with E-state index in [9.17, 15) is 9.59 Å². The lowest BCUT2D eigenvalue weighted by molar-refractivity contribution is 0.104. The van der Waals surface area contributed by atoms with Crippen LogP contribution in [0.2, 0.25) is 0 Å². The van der Waals surface area contributed by atoms with Crippen molar-refractivity contribution in [1.29, 1.82) is 0 Å². The Balaban J connectivity index is 1.79. The Morgan fingerprint density at radius 3 is 2.65 bits per heavy atom. The van der Waals surface area contributed by atoms with Crippen LogP contribution in [0, 0.1) is 0 Å². The highest BCUT2D eigenvalue weighted by Crippen LogP contribution is 2.28. The summed E-state index contributed by atoms with van der Waals surface area (Å²) >= 11 is 0. The number of benzene rings is 2. The number of aromatic nitrogens is 2. The Morgan fingerprint density at radius 1 is 1.08 bits per heavy atom. The van der Waals surface area contributed by atoms with E-state index >= 15 is 0 Å². The molecule has 0 aliphatic rings. The molecule has 0 fully saturated rings. The standard InChI is InChI=1S/C20H20N2O4/c1-3-10-26-18-9-5-13(11-19(18)25-2)4-8-17(23)14-6-7-15-16(12-14)22-20(24)21-15/h4-9,11-12H,3,10H2,1-2H3,(H2,21,22,24)/b8-4+. The maximum atomic E-state index is 12.4. The number of nitrogens with one attached hydrogen (secondary N) is 2. The lowest BCUT2D eigenvalue weighted by atomic mass is 10.1. The predicted molar refractivity (Wildman–Crippen MR) is 101 cm³/mol. The fraction of sp³-hybridized carbons (Fsp3) is 0.200. The van der Waals surface area contributed by atoms with Crippen molar-refractivity contribution in [2.24, 2.45) is 0 Å². The zero-order chi connectivity index (χ0) is 18.5. The quantitative estimate of drug-likeness (QED) is 0.503. The van der Waals surface area contributed by atoms with Crippen molar-refractivity contribution in [3.63, 3.8) is 0 Å². The molecule has 0 amide bonds. The molecule has 3 rings (SSSR count). The Labute approximate surface area is 150 Å². The predicted octanol–water partition coefficient (Wildman–Crippen LogP) is 3.55. The second kappa shape index (κ2) is 7.74. The molecule has 1 heterocycles. The van der Waals surface area contributed by atoms with Gasteiger partial charge in [-0.3, -0.25) is 4.79 Å². The van der Waals surface area contributed by atoms with Crippen molar-refractivity contribution in [1.82, 2.24) is 9.97 Å². The number of hydrogen-bond donors (Lipinski definition) is 2. The van der Waals surface area contributed by atoms with E-state index in [1.165, 1.54) is 6.08 Å². The van der Waals surface area contributed by atoms with Gasteiger partial charge in [0.1, 0.15) is 0 Å². The molecule has 26 heavy (non-hydrogen) atoms. The van der Waals surface area contributed by atoms with E-state index in [0.29, 0.717) is 34.7 Å². The Kier molecular flexibility index (Phi) is 5.22. The summed E-state index contributed by atoms with van der Waals surface area (Å²) < 4.78 is 11.0. The SMILES string of the molecule is CCCOc1ccc(/C=C/C(=O)c2ccc3[nH]c(=O)[nH]c3c2)cc1OC. The number of fused-ring (bicyclic) bond motifs is 1. The van der Waals surface area contributed by atoms with E-state index in [4.69, 9.17) is 9.47 Å². The van der Waals surface area contributed by atoms with Crippen LogP contribution >= 0.6 is 0 Å². The zero-order valence-electron chi connectivity index (χ0n) is 14.7. The monoisotopic (exact) mass is 352 g/mol. The van der Waals surface area contributed by atoms with Gasteiger partial charge in [0.25, 0.3) is 0 Å². The summed E-state index contributed by atoms with van der Waals surface area (Å²) in [6.45, 7) is 2.66. The van der Waals surface area contributed by atoms with Crippen molar-refractivity contribution < 1.29 is 14.3 Å². The zero-order valence-corrected chi connectivity index (χ0v) is 14.7. The molecule has 134 valence electrons. The van der Waals surface area contributed by atoms with E-state index < -0.39 is 0 Å². The number of ketones is 1. The maximum absolute atomic E-state index is 12.4. The minimum absolute atomic E-state index is 0.153. The minimum atomic E-state index is -0.294. The van der Waals surface area contributed by atoms with Gasteiger partial charge in [-0.15, -0.1) is 0 Å². The number of carbonyl (C=O) groups is 1. The van der Waals surface area contributed by atoms with Gasteiger partial charge in [-0.25, -0.2) is 4.79 Å². The normalized spacial score (nSPS) is 11.2. The van der Waals surface area contributed by atoms with Gasteiger partial charge in [0.05, 0.1) is 24.8 Å². The third-order valence-corrected chi connectivity index (χ3v) is 3.88. The second-order valence-corrected chi connectivity index (χ2v) is 5.80. The molecule has 0 atom stereocenters. The van der Waals surface area contributed by atoms with Gasteiger partial charge >= 0.3 is 5.69 Å². The first kappa shape index (κ1) is 17.5. The number of hydrogen-bond acceptors (Lipinski definition) is 4. The highest BCUT2D eigenvalue weighted by molar-refractivity contribution is 6.08. The molecule has 0 aliphatic carbocycles. The molecule has 1 aromatic heterocycles. The van der Waals surface area contributed by atoms with Crippen molar-refractivity contribution >= 4 is 22.9 Å². The molecule has 0 spiro atoms. The smallest absolute Gasteiger partial charge is 0.323 e. The van der Waals surface area contributed by atoms with E-state index in [0.717, 1.165) is 12.0 Å². The van der Waals surface area contributed by atoms with E-state index in [1.807, 2.05) is 25.1 Å². The number of carbonyl (C=O) groups excluding carboxylic acids is 1. The summed E-state index contributed by atoms with van der Waals surface area (Å²) in [5.41, 5.74) is 2.31. The molecule has 0 saturated carbocycles. The number of ether oxygens (including phenoxy) is 2. The van der Waals surface area contributed by atoms with Crippen molar-refractivity contribution in [3.05, 3.63) is 64.1 Å². The van der Waals surface area contributed by atoms with E-state index in [-0.39, 0.29) is 11.5 Å². The highest BCUT2D eigenvalue weighted by atomic mass is 16.5. The van der Waals surface area contributed by atoms with Crippen LogP contribution < -0.4 is 15.2 Å². The fourth-order valence-corrected chi connectivity index (χ4v) is 2.57. The lowest BCUT2D eigenvalue weighted by Gasteiger charge is -2.10. The topological polar surface area (TPSA) is 84.2 Å². The number of allylic oxidation sites excluding steroid dienone is 1. The van der Waals surface area contributed by atoms with Gasteiger partial charge in [0, 0.05) is 5.56 Å². The van der Waals surface area contributed by atoms with Crippen LogP contribution in [0.15, 0.2) is 47.3 Å². The van der Waals surface area contributed by atoms with Gasteiger partial charge in [-0.05, 0) is 48.4 Å². The van der Waals surface area contributed by atoms with Crippen LogP contribution in [0.5, 0.6) is 11.5 Å². The summed E-state index contributed by atoms with van der Waals surface area (Å²) in [6, 6.07) is 10.6. The highest BCUT2D eigenvalue weighted by Gasteiger charge is 2.07. The average Bonchev–Trinajstić information content (AvgIpc) is 3.03. The van der Waals surface area contributed by atoms with Crippen LogP contribution in [-0.2, 0) is 0 Å². The molecular weight excluding hydrogens is 332 g/mol. The molecule has 3 aromatic rings. The third kappa shape index (κ3) is 3.85. The Morgan fingerprint density at radius 2 is 1.88 bits per heavy atom. The van der Waals surface area contributed by atoms with E-state index in [1.54, 1.807) is 31.4 Å². The molecule has 0 unspecified atom stereocenters. The molecule has 0 radical (unpaired) electrons. The van der Waals surface area contributed by atoms with Gasteiger partial charge in [0.15, 0.2) is 17.3 Å². The van der Waals surface area contributed by atoms with Crippen LogP contribution in [-0.4, -0.2) is 29.5 Å². The molecule has 6 heteroatoms. The number of rotatable bonds is 7. The Hall–Kier alpha value is -3.28. The van der Waals surface area contributed by atoms with Gasteiger partial charge in [-0.2, -0.15) is 0 Å². The summed E-state index contributed by atoms with van der Waals surface area (Å²) in [4.78, 5) is 29.0. The van der Waals surface area contributed by atoms with Gasteiger partial charge < -0.3 is 19.4 Å². The third-order valence-electron chi connectivity index (χ3n) is 3.88.